The van der Waals surface area contributed by atoms with Crippen molar-refractivity contribution < 1.29 is 0 Å². The fraction of sp³-hybridized carbons (Fsp3) is 0.0909. The van der Waals surface area contributed by atoms with E-state index in [0.717, 1.165) is 5.56 Å². The largest absolute Gasteiger partial charge is 0.256 e. The average molecular weight is 417 g/mol. The van der Waals surface area contributed by atoms with Crippen LogP contribution in [-0.2, 0) is 0 Å². The van der Waals surface area contributed by atoms with Crippen LogP contribution in [0.3, 0.4) is 0 Å². The van der Waals surface area contributed by atoms with E-state index in [9.17, 15) is 0 Å². The van der Waals surface area contributed by atoms with Gasteiger partial charge in [-0.05, 0) is 24.6 Å². The molecule has 0 saturated carbocycles. The zero-order valence-electron chi connectivity index (χ0n) is 7.17. The van der Waals surface area contributed by atoms with E-state index in [0.29, 0.717) is 0 Å². The molecule has 0 aromatic heterocycles. The molecule has 1 radical (unpaired) electrons. The Hall–Kier alpha value is -2.59. The summed E-state index contributed by atoms with van der Waals surface area (Å²) < 4.78 is 0. The molecule has 0 saturated heterocycles. The molecule has 0 bridgehead atoms. The standard InChI is InChI=1S/C11H9N.Lr/c1-9-4-5-10-3-2-6-12-8-11(10)7-9;/h3-8H,1H3;. The number of benzene rings is 1. The fourth-order valence-corrected chi connectivity index (χ4v) is 1.23. The second-order valence-electron chi connectivity index (χ2n) is 2.85. The Morgan fingerprint density at radius 2 is 2.08 bits per heavy atom. The van der Waals surface area contributed by atoms with Crippen molar-refractivity contribution in [3.63, 3.8) is 0 Å². The van der Waals surface area contributed by atoms with Crippen LogP contribution in [0.4, 0.5) is 0 Å². The topological polar surface area (TPSA) is 12.4 Å². The first-order chi connectivity index (χ1) is 5.86. The summed E-state index contributed by atoms with van der Waals surface area (Å²) in [6.45, 7) is 2.08. The molecular weight excluding hydrogens is 408 g/mol. The third-order valence-corrected chi connectivity index (χ3v) is 1.84. The molecule has 1 aromatic carbocycles. The van der Waals surface area contributed by atoms with Crippen LogP contribution in [0.2, 0.25) is 0 Å². The second-order valence-corrected chi connectivity index (χ2v) is 2.85. The fourth-order valence-electron chi connectivity index (χ4n) is 1.23. The molecule has 0 unspecified atom stereocenters. The van der Waals surface area contributed by atoms with Crippen LogP contribution in [-0.4, -0.2) is 6.21 Å². The van der Waals surface area contributed by atoms with E-state index < -0.39 is 0 Å². The minimum absolute atomic E-state index is 0. The van der Waals surface area contributed by atoms with Crippen LogP contribution in [0.5, 0.6) is 0 Å². The smallest absolute Gasteiger partial charge is 0.0686 e. The van der Waals surface area contributed by atoms with Crippen molar-refractivity contribution >= 4 is 12.3 Å². The molecule has 1 aliphatic heterocycles. The molecule has 1 aliphatic rings. The molecule has 0 spiro atoms. The van der Waals surface area contributed by atoms with Gasteiger partial charge in [-0.1, -0.05) is 17.7 Å². The third-order valence-electron chi connectivity index (χ3n) is 1.84. The summed E-state index contributed by atoms with van der Waals surface area (Å²) in [5.41, 5.74) is 6.58. The number of nitrogens with zero attached hydrogens (tertiary/aromatic N) is 1. The van der Waals surface area contributed by atoms with E-state index in [1.165, 1.54) is 11.1 Å². The molecule has 1 heterocycles. The molecule has 73 valence electrons. The van der Waals surface area contributed by atoms with Crippen molar-refractivity contribution in [2.75, 3.05) is 0 Å². The second kappa shape index (κ2) is 3.21. The molecule has 0 amide bonds. The molecule has 0 aliphatic carbocycles. The van der Waals surface area contributed by atoms with Crippen molar-refractivity contribution in [1.29, 1.82) is 0 Å². The van der Waals surface area contributed by atoms with Gasteiger partial charge in [-0.25, -0.2) is 0 Å². The SMILES string of the molecule is Cc1ccc2c(c1)C=NC=C=C2.[Lr]. The van der Waals surface area contributed by atoms with Gasteiger partial charge in [0.25, 0.3) is 0 Å². The maximum absolute atomic E-state index is 4.06. The average Bonchev–Trinajstić information content (AvgIpc) is 2.28. The molecular formula is C11H9LrN. The molecule has 0 atom stereocenters. The zero-order valence-corrected chi connectivity index (χ0v) is 9.32. The van der Waals surface area contributed by atoms with Crippen LogP contribution in [0.1, 0.15) is 16.7 Å². The molecule has 2 heteroatoms. The quantitative estimate of drug-likeness (QED) is 0.576. The molecule has 13 heavy (non-hydrogen) atoms. The molecule has 2 rings (SSSR count). The summed E-state index contributed by atoms with van der Waals surface area (Å²) in [5.74, 6) is 0. The summed E-state index contributed by atoms with van der Waals surface area (Å²) in [6, 6.07) is 6.30. The van der Waals surface area contributed by atoms with E-state index >= 15 is 0 Å². The predicted octanol–water partition coefficient (Wildman–Crippen LogP) is 2.55. The number of rotatable bonds is 0. The van der Waals surface area contributed by atoms with Gasteiger partial charge in [-0.15, -0.1) is 5.73 Å². The predicted molar refractivity (Wildman–Crippen MR) is 51.3 cm³/mol. The number of fused-ring (bicyclic) bond motifs is 1. The summed E-state index contributed by atoms with van der Waals surface area (Å²) in [4.78, 5) is 4.06. The first kappa shape index (κ1) is 8.51. The van der Waals surface area contributed by atoms with Crippen molar-refractivity contribution in [2.45, 2.75) is 6.92 Å². The van der Waals surface area contributed by atoms with Gasteiger partial charge in [-0.3, -0.25) is 4.99 Å². The first-order valence-corrected chi connectivity index (χ1v) is 3.91. The molecule has 1 nitrogen and oxygen atoms in total. The van der Waals surface area contributed by atoms with E-state index in [4.69, 9.17) is 0 Å². The van der Waals surface area contributed by atoms with Crippen LogP contribution < -0.4 is 0 Å². The molecule has 1 aromatic rings. The number of hydrogen-bond acceptors (Lipinski definition) is 1. The van der Waals surface area contributed by atoms with Crippen LogP contribution in [0, 0.1) is 6.92 Å². The Kier molecular flexibility index (Phi) is 2.10. The van der Waals surface area contributed by atoms with E-state index in [1.807, 2.05) is 12.3 Å². The summed E-state index contributed by atoms with van der Waals surface area (Å²) in [5, 5.41) is 0. The summed E-state index contributed by atoms with van der Waals surface area (Å²) in [7, 11) is 0. The Morgan fingerprint density at radius 3 is 2.92 bits per heavy atom. The van der Waals surface area contributed by atoms with E-state index in [2.05, 4.69) is 35.8 Å². The van der Waals surface area contributed by atoms with Crippen LogP contribution >= 0.6 is 0 Å². The van der Waals surface area contributed by atoms with Crippen LogP contribution in [0.25, 0.3) is 6.08 Å². The number of aliphatic imine (C=N–C) groups is 1. The Balaban J connectivity index is 0.000000845. The van der Waals surface area contributed by atoms with E-state index in [-0.39, 0.29) is 0 Å². The Labute approximate surface area is 71.8 Å². The number of aryl methyl sites for hydroxylation is 1. The summed E-state index contributed by atoms with van der Waals surface area (Å²) in [6.07, 6.45) is 5.48. The van der Waals surface area contributed by atoms with Gasteiger partial charge in [0.05, 0.1) is 6.20 Å². The van der Waals surface area contributed by atoms with Gasteiger partial charge >= 0.3 is 0 Å². The normalized spacial score (nSPS) is 11.8. The molecule has 0 N–H and O–H groups in total. The van der Waals surface area contributed by atoms with Crippen molar-refractivity contribution in [2.24, 2.45) is 4.99 Å². The van der Waals surface area contributed by atoms with Crippen LogP contribution in [0.15, 0.2) is 35.1 Å². The molecule has 0 fully saturated rings. The maximum Gasteiger partial charge on any atom is 0.0686 e. The van der Waals surface area contributed by atoms with Gasteiger partial charge in [0.1, 0.15) is 0 Å². The zero-order chi connectivity index (χ0) is 8.39. The van der Waals surface area contributed by atoms with Gasteiger partial charge in [-0.2, -0.15) is 0 Å². The summed E-state index contributed by atoms with van der Waals surface area (Å²) >= 11 is 0. The monoisotopic (exact) mass is 417 g/mol. The minimum atomic E-state index is 0. The van der Waals surface area contributed by atoms with Gasteiger partial charge in [0, 0.05) is 11.8 Å². The van der Waals surface area contributed by atoms with Crippen molar-refractivity contribution in [1.82, 2.24) is 0 Å². The van der Waals surface area contributed by atoms with Gasteiger partial charge in [0.2, 0.25) is 0 Å². The Bertz CT molecular complexity index is 399. The van der Waals surface area contributed by atoms with Gasteiger partial charge < -0.3 is 0 Å². The minimum Gasteiger partial charge on any atom is -0.256 e. The van der Waals surface area contributed by atoms with Crippen molar-refractivity contribution in [3.8, 4) is 0 Å². The number of hydrogen-bond donors (Lipinski definition) is 0. The van der Waals surface area contributed by atoms with Crippen molar-refractivity contribution in [3.05, 3.63) is 46.8 Å². The third kappa shape index (κ3) is 1.52. The van der Waals surface area contributed by atoms with Gasteiger partial charge in [0.15, 0.2) is 0 Å². The van der Waals surface area contributed by atoms with E-state index in [1.54, 1.807) is 6.20 Å². The maximum atomic E-state index is 4.06. The Morgan fingerprint density at radius 1 is 1.23 bits per heavy atom. The first-order valence-electron chi connectivity index (χ1n) is 3.91.